The number of nitrogens with zero attached hydrogens (tertiary/aromatic N) is 2. The van der Waals surface area contributed by atoms with Gasteiger partial charge in [0.25, 0.3) is 0 Å². The average Bonchev–Trinajstić information content (AvgIpc) is 2.26. The lowest BCUT2D eigenvalue weighted by Crippen LogP contribution is -2.31. The highest BCUT2D eigenvalue weighted by Gasteiger charge is 2.15. The van der Waals surface area contributed by atoms with Crippen LogP contribution in [0.3, 0.4) is 0 Å². The van der Waals surface area contributed by atoms with Gasteiger partial charge in [-0.15, -0.1) is 0 Å². The fraction of sp³-hybridized carbons (Fsp3) is 0.636. The summed E-state index contributed by atoms with van der Waals surface area (Å²) in [5.41, 5.74) is 5.74. The summed E-state index contributed by atoms with van der Waals surface area (Å²) in [7, 11) is 1.84. The zero-order chi connectivity index (χ0) is 12.2. The lowest BCUT2D eigenvalue weighted by molar-refractivity contribution is 0.405. The van der Waals surface area contributed by atoms with Gasteiger partial charge >= 0.3 is 0 Å². The molecule has 16 heavy (non-hydrogen) atoms. The minimum Gasteiger partial charge on any atom is -0.373 e. The molecule has 0 bridgehead atoms. The van der Waals surface area contributed by atoms with E-state index in [9.17, 15) is 0 Å². The first-order chi connectivity index (χ1) is 7.46. The molecule has 90 valence electrons. The number of anilines is 2. The van der Waals surface area contributed by atoms with E-state index in [1.807, 2.05) is 20.0 Å². The maximum absolute atomic E-state index is 5.67. The van der Waals surface area contributed by atoms with E-state index in [-0.39, 0.29) is 5.41 Å². The number of hydrogen-bond donors (Lipinski definition) is 3. The van der Waals surface area contributed by atoms with Crippen molar-refractivity contribution in [3.05, 3.63) is 11.9 Å². The summed E-state index contributed by atoms with van der Waals surface area (Å²) in [6.45, 7) is 7.55. The van der Waals surface area contributed by atoms with E-state index in [0.717, 1.165) is 24.0 Å². The van der Waals surface area contributed by atoms with Gasteiger partial charge in [0, 0.05) is 19.7 Å². The van der Waals surface area contributed by atoms with Crippen molar-refractivity contribution in [1.29, 1.82) is 0 Å². The van der Waals surface area contributed by atoms with Crippen LogP contribution in [0, 0.1) is 12.3 Å². The summed E-state index contributed by atoms with van der Waals surface area (Å²) >= 11 is 0. The van der Waals surface area contributed by atoms with Gasteiger partial charge < -0.3 is 16.4 Å². The van der Waals surface area contributed by atoms with Crippen LogP contribution < -0.4 is 16.4 Å². The van der Waals surface area contributed by atoms with Gasteiger partial charge in [-0.05, 0) is 18.9 Å². The molecule has 1 heterocycles. The third-order valence-corrected chi connectivity index (χ3v) is 2.39. The monoisotopic (exact) mass is 223 g/mol. The quantitative estimate of drug-likeness (QED) is 0.700. The van der Waals surface area contributed by atoms with Gasteiger partial charge in [-0.1, -0.05) is 13.8 Å². The van der Waals surface area contributed by atoms with Gasteiger partial charge in [-0.25, -0.2) is 9.97 Å². The molecule has 1 aromatic heterocycles. The minimum atomic E-state index is 0.0681. The second kappa shape index (κ2) is 5.12. The predicted octanol–water partition coefficient (Wildman–Crippen LogP) is 1.22. The molecule has 5 heteroatoms. The molecule has 0 aromatic carbocycles. The van der Waals surface area contributed by atoms with Gasteiger partial charge in [-0.3, -0.25) is 0 Å². The minimum absolute atomic E-state index is 0.0681. The molecule has 0 saturated carbocycles. The Labute approximate surface area is 96.9 Å². The van der Waals surface area contributed by atoms with Gasteiger partial charge in [-0.2, -0.15) is 0 Å². The predicted molar refractivity (Wildman–Crippen MR) is 67.6 cm³/mol. The zero-order valence-corrected chi connectivity index (χ0v) is 10.5. The molecule has 0 unspecified atom stereocenters. The maximum atomic E-state index is 5.67. The van der Waals surface area contributed by atoms with Crippen LogP contribution in [-0.2, 0) is 0 Å². The summed E-state index contributed by atoms with van der Waals surface area (Å²) in [6.07, 6.45) is 0. The Morgan fingerprint density at radius 1 is 1.31 bits per heavy atom. The summed E-state index contributed by atoms with van der Waals surface area (Å²) in [4.78, 5) is 8.55. The topological polar surface area (TPSA) is 75.9 Å². The molecule has 1 aromatic rings. The molecule has 4 N–H and O–H groups in total. The van der Waals surface area contributed by atoms with Crippen molar-refractivity contribution in [2.24, 2.45) is 11.1 Å². The van der Waals surface area contributed by atoms with E-state index in [1.165, 1.54) is 0 Å². The fourth-order valence-corrected chi connectivity index (χ4v) is 1.19. The Morgan fingerprint density at radius 3 is 2.50 bits per heavy atom. The molecule has 0 radical (unpaired) electrons. The first-order valence-electron chi connectivity index (χ1n) is 5.44. The average molecular weight is 223 g/mol. The van der Waals surface area contributed by atoms with Crippen LogP contribution in [0.5, 0.6) is 0 Å². The first-order valence-corrected chi connectivity index (χ1v) is 5.44. The molecular formula is C11H21N5. The molecular weight excluding hydrogens is 202 g/mol. The fourth-order valence-electron chi connectivity index (χ4n) is 1.19. The van der Waals surface area contributed by atoms with Gasteiger partial charge in [0.1, 0.15) is 17.5 Å². The molecule has 0 fully saturated rings. The Kier molecular flexibility index (Phi) is 4.06. The van der Waals surface area contributed by atoms with Gasteiger partial charge in [0.05, 0.1) is 0 Å². The molecule has 5 nitrogen and oxygen atoms in total. The zero-order valence-electron chi connectivity index (χ0n) is 10.5. The Hall–Kier alpha value is -1.36. The van der Waals surface area contributed by atoms with Crippen LogP contribution in [0.4, 0.5) is 11.6 Å². The smallest absolute Gasteiger partial charge is 0.131 e. The number of aryl methyl sites for hydroxylation is 1. The van der Waals surface area contributed by atoms with Crippen LogP contribution in [0.25, 0.3) is 0 Å². The summed E-state index contributed by atoms with van der Waals surface area (Å²) in [5, 5.41) is 6.28. The highest BCUT2D eigenvalue weighted by atomic mass is 15.1. The van der Waals surface area contributed by atoms with Crippen molar-refractivity contribution in [2.45, 2.75) is 20.8 Å². The van der Waals surface area contributed by atoms with Crippen molar-refractivity contribution in [3.8, 4) is 0 Å². The Morgan fingerprint density at radius 2 is 1.94 bits per heavy atom. The summed E-state index contributed by atoms with van der Waals surface area (Å²) in [5.74, 6) is 2.40. The molecule has 0 aliphatic carbocycles. The van der Waals surface area contributed by atoms with Crippen LogP contribution in [-0.4, -0.2) is 30.1 Å². The van der Waals surface area contributed by atoms with Gasteiger partial charge in [0.15, 0.2) is 0 Å². The van der Waals surface area contributed by atoms with E-state index in [1.54, 1.807) is 0 Å². The first kappa shape index (κ1) is 12.7. The highest BCUT2D eigenvalue weighted by Crippen LogP contribution is 2.15. The van der Waals surface area contributed by atoms with Crippen molar-refractivity contribution < 1.29 is 0 Å². The molecule has 1 rings (SSSR count). The van der Waals surface area contributed by atoms with Gasteiger partial charge in [0.2, 0.25) is 0 Å². The highest BCUT2D eigenvalue weighted by molar-refractivity contribution is 5.47. The summed E-state index contributed by atoms with van der Waals surface area (Å²) in [6, 6.07) is 1.89. The van der Waals surface area contributed by atoms with Crippen LogP contribution >= 0.6 is 0 Å². The van der Waals surface area contributed by atoms with Crippen molar-refractivity contribution >= 4 is 11.6 Å². The standard InChI is InChI=1S/C11H21N5/c1-8-15-9(13-4)5-10(16-8)14-7-11(2,3)6-12/h5H,6-7,12H2,1-4H3,(H2,13,14,15,16). The number of nitrogens with two attached hydrogens (primary N) is 1. The number of aromatic nitrogens is 2. The number of hydrogen-bond acceptors (Lipinski definition) is 5. The Balaban J connectivity index is 2.70. The molecule has 0 amide bonds. The normalized spacial score (nSPS) is 11.3. The molecule has 0 saturated heterocycles. The summed E-state index contributed by atoms with van der Waals surface area (Å²) < 4.78 is 0. The van der Waals surface area contributed by atoms with Crippen LogP contribution in [0.2, 0.25) is 0 Å². The van der Waals surface area contributed by atoms with Crippen molar-refractivity contribution in [2.75, 3.05) is 30.8 Å². The SMILES string of the molecule is CNc1cc(NCC(C)(C)CN)nc(C)n1. The second-order valence-corrected chi connectivity index (χ2v) is 4.66. The van der Waals surface area contributed by atoms with E-state index in [4.69, 9.17) is 5.73 Å². The van der Waals surface area contributed by atoms with E-state index >= 15 is 0 Å². The Bertz CT molecular complexity index is 348. The van der Waals surface area contributed by atoms with E-state index in [2.05, 4.69) is 34.4 Å². The third kappa shape index (κ3) is 3.66. The largest absolute Gasteiger partial charge is 0.373 e. The molecule has 0 atom stereocenters. The lowest BCUT2D eigenvalue weighted by Gasteiger charge is -2.23. The lowest BCUT2D eigenvalue weighted by atomic mass is 9.94. The van der Waals surface area contributed by atoms with E-state index < -0.39 is 0 Å². The third-order valence-electron chi connectivity index (χ3n) is 2.39. The van der Waals surface area contributed by atoms with Crippen molar-refractivity contribution in [1.82, 2.24) is 9.97 Å². The van der Waals surface area contributed by atoms with Crippen molar-refractivity contribution in [3.63, 3.8) is 0 Å². The molecule has 0 aliphatic heterocycles. The maximum Gasteiger partial charge on any atom is 0.131 e. The van der Waals surface area contributed by atoms with Crippen LogP contribution in [0.15, 0.2) is 6.07 Å². The molecule has 0 spiro atoms. The second-order valence-electron chi connectivity index (χ2n) is 4.66. The number of nitrogens with one attached hydrogen (secondary N) is 2. The number of rotatable bonds is 5. The van der Waals surface area contributed by atoms with Crippen LogP contribution in [0.1, 0.15) is 19.7 Å². The molecule has 0 aliphatic rings. The van der Waals surface area contributed by atoms with E-state index in [0.29, 0.717) is 6.54 Å².